The fourth-order valence-electron chi connectivity index (χ4n) is 2.55. The van der Waals surface area contributed by atoms with Crippen LogP contribution in [0.4, 0.5) is 11.4 Å². The lowest BCUT2D eigenvalue weighted by atomic mass is 9.85. The topological polar surface area (TPSA) is 84.2 Å². The normalized spacial score (nSPS) is 22.1. The molecule has 5 nitrogen and oxygen atoms in total. The number of amides is 2. The summed E-state index contributed by atoms with van der Waals surface area (Å²) in [5, 5.41) is 5.59. The Hall–Kier alpha value is -1.88. The molecular formula is C15H21N3O2. The molecule has 0 spiro atoms. The highest BCUT2D eigenvalue weighted by Crippen LogP contribution is 2.24. The van der Waals surface area contributed by atoms with Gasteiger partial charge in [-0.05, 0) is 43.5 Å². The Labute approximate surface area is 118 Å². The van der Waals surface area contributed by atoms with Crippen LogP contribution in [0, 0.1) is 5.92 Å². The molecule has 1 aromatic carbocycles. The van der Waals surface area contributed by atoms with Gasteiger partial charge in [0, 0.05) is 30.3 Å². The van der Waals surface area contributed by atoms with Gasteiger partial charge in [-0.1, -0.05) is 6.42 Å². The van der Waals surface area contributed by atoms with Gasteiger partial charge in [-0.25, -0.2) is 0 Å². The average molecular weight is 275 g/mol. The van der Waals surface area contributed by atoms with Crippen molar-refractivity contribution in [2.45, 2.75) is 38.6 Å². The van der Waals surface area contributed by atoms with E-state index in [1.54, 1.807) is 24.3 Å². The molecule has 5 heteroatoms. The molecule has 0 aliphatic heterocycles. The number of carbonyl (C=O) groups is 2. The molecule has 20 heavy (non-hydrogen) atoms. The van der Waals surface area contributed by atoms with Crippen LogP contribution in [-0.2, 0) is 9.59 Å². The predicted molar refractivity (Wildman–Crippen MR) is 79.3 cm³/mol. The summed E-state index contributed by atoms with van der Waals surface area (Å²) in [6.45, 7) is 1.46. The smallest absolute Gasteiger partial charge is 0.227 e. The lowest BCUT2D eigenvalue weighted by Gasteiger charge is -2.25. The van der Waals surface area contributed by atoms with Crippen molar-refractivity contribution in [2.75, 3.05) is 10.6 Å². The molecule has 0 radical (unpaired) electrons. The van der Waals surface area contributed by atoms with Gasteiger partial charge in [-0.3, -0.25) is 9.59 Å². The molecule has 1 aliphatic rings. The summed E-state index contributed by atoms with van der Waals surface area (Å²) in [5.74, 6) is -0.0702. The van der Waals surface area contributed by atoms with Crippen LogP contribution in [-0.4, -0.2) is 17.9 Å². The molecule has 0 saturated heterocycles. The molecule has 1 fully saturated rings. The zero-order valence-electron chi connectivity index (χ0n) is 11.7. The van der Waals surface area contributed by atoms with Gasteiger partial charge < -0.3 is 16.4 Å². The van der Waals surface area contributed by atoms with Gasteiger partial charge in [-0.2, -0.15) is 0 Å². The van der Waals surface area contributed by atoms with Crippen LogP contribution < -0.4 is 16.4 Å². The summed E-state index contributed by atoms with van der Waals surface area (Å²) in [4.78, 5) is 23.1. The number of hydrogen-bond donors (Lipinski definition) is 3. The molecular weight excluding hydrogens is 254 g/mol. The maximum atomic E-state index is 12.1. The van der Waals surface area contributed by atoms with E-state index >= 15 is 0 Å². The average Bonchev–Trinajstić information content (AvgIpc) is 2.40. The highest BCUT2D eigenvalue weighted by Gasteiger charge is 2.25. The Kier molecular flexibility index (Phi) is 4.74. The first-order valence-corrected chi connectivity index (χ1v) is 6.98. The largest absolute Gasteiger partial charge is 0.328 e. The molecule has 1 aliphatic carbocycles. The number of carbonyl (C=O) groups excluding carboxylic acids is 2. The molecule has 4 N–H and O–H groups in total. The number of benzene rings is 1. The molecule has 0 bridgehead atoms. The Morgan fingerprint density at radius 2 is 1.70 bits per heavy atom. The Morgan fingerprint density at radius 1 is 1.10 bits per heavy atom. The maximum absolute atomic E-state index is 12.1. The SMILES string of the molecule is CC(=O)Nc1ccc(NC(=O)C2CCCC(N)C2)cc1. The molecule has 0 heterocycles. The van der Waals surface area contributed by atoms with Gasteiger partial charge in [0.15, 0.2) is 0 Å². The number of nitrogens with two attached hydrogens (primary N) is 1. The Bertz CT molecular complexity index is 484. The van der Waals surface area contributed by atoms with Crippen LogP contribution in [0.15, 0.2) is 24.3 Å². The van der Waals surface area contributed by atoms with Crippen LogP contribution in [0.5, 0.6) is 0 Å². The fourth-order valence-corrected chi connectivity index (χ4v) is 2.55. The molecule has 2 unspecified atom stereocenters. The van der Waals surface area contributed by atoms with Crippen molar-refractivity contribution in [3.8, 4) is 0 Å². The predicted octanol–water partition coefficient (Wildman–Crippen LogP) is 2.10. The van der Waals surface area contributed by atoms with Crippen molar-refractivity contribution in [1.29, 1.82) is 0 Å². The third kappa shape index (κ3) is 4.06. The van der Waals surface area contributed by atoms with Crippen molar-refractivity contribution >= 4 is 23.2 Å². The minimum absolute atomic E-state index is 0.00812. The van der Waals surface area contributed by atoms with E-state index in [0.717, 1.165) is 37.1 Å². The van der Waals surface area contributed by atoms with Gasteiger partial charge in [0.1, 0.15) is 0 Å². The second kappa shape index (κ2) is 6.52. The van der Waals surface area contributed by atoms with Gasteiger partial charge in [0.2, 0.25) is 11.8 Å². The quantitative estimate of drug-likeness (QED) is 0.789. The third-order valence-electron chi connectivity index (χ3n) is 3.56. The number of anilines is 2. The standard InChI is InChI=1S/C15H21N3O2/c1-10(19)17-13-5-7-14(8-6-13)18-15(20)11-3-2-4-12(16)9-11/h5-8,11-12H,2-4,9,16H2,1H3,(H,17,19)(H,18,20). The van der Waals surface area contributed by atoms with E-state index in [2.05, 4.69) is 10.6 Å². The zero-order valence-corrected chi connectivity index (χ0v) is 11.7. The number of rotatable bonds is 3. The van der Waals surface area contributed by atoms with E-state index < -0.39 is 0 Å². The van der Waals surface area contributed by atoms with Crippen LogP contribution in [0.1, 0.15) is 32.6 Å². The van der Waals surface area contributed by atoms with Crippen molar-refractivity contribution < 1.29 is 9.59 Å². The van der Waals surface area contributed by atoms with Crippen molar-refractivity contribution in [3.63, 3.8) is 0 Å². The first kappa shape index (κ1) is 14.5. The van der Waals surface area contributed by atoms with Crippen LogP contribution in [0.2, 0.25) is 0 Å². The van der Waals surface area contributed by atoms with E-state index in [4.69, 9.17) is 5.73 Å². The lowest BCUT2D eigenvalue weighted by molar-refractivity contribution is -0.121. The minimum atomic E-state index is -0.113. The highest BCUT2D eigenvalue weighted by atomic mass is 16.2. The van der Waals surface area contributed by atoms with Gasteiger partial charge in [0.05, 0.1) is 0 Å². The van der Waals surface area contributed by atoms with Crippen LogP contribution >= 0.6 is 0 Å². The zero-order chi connectivity index (χ0) is 14.5. The second-order valence-corrected chi connectivity index (χ2v) is 5.37. The molecule has 2 atom stereocenters. The minimum Gasteiger partial charge on any atom is -0.328 e. The summed E-state index contributed by atoms with van der Waals surface area (Å²) in [5.41, 5.74) is 7.36. The monoisotopic (exact) mass is 275 g/mol. The van der Waals surface area contributed by atoms with Crippen molar-refractivity contribution in [1.82, 2.24) is 0 Å². The Balaban J connectivity index is 1.92. The van der Waals surface area contributed by atoms with Gasteiger partial charge in [0.25, 0.3) is 0 Å². The van der Waals surface area contributed by atoms with Crippen LogP contribution in [0.3, 0.4) is 0 Å². The lowest BCUT2D eigenvalue weighted by Crippen LogP contribution is -2.34. The summed E-state index contributed by atoms with van der Waals surface area (Å²) in [6.07, 6.45) is 3.69. The Morgan fingerprint density at radius 3 is 2.25 bits per heavy atom. The molecule has 1 aromatic rings. The highest BCUT2D eigenvalue weighted by molar-refractivity contribution is 5.93. The van der Waals surface area contributed by atoms with Crippen molar-refractivity contribution in [2.24, 2.45) is 11.7 Å². The number of hydrogen-bond acceptors (Lipinski definition) is 3. The van der Waals surface area contributed by atoms with E-state index in [1.165, 1.54) is 6.92 Å². The maximum Gasteiger partial charge on any atom is 0.227 e. The fraction of sp³-hybridized carbons (Fsp3) is 0.467. The molecule has 0 aromatic heterocycles. The molecule has 2 rings (SSSR count). The first-order valence-electron chi connectivity index (χ1n) is 6.98. The number of nitrogens with one attached hydrogen (secondary N) is 2. The second-order valence-electron chi connectivity index (χ2n) is 5.37. The van der Waals surface area contributed by atoms with E-state index in [-0.39, 0.29) is 23.8 Å². The van der Waals surface area contributed by atoms with Gasteiger partial charge in [-0.15, -0.1) is 0 Å². The van der Waals surface area contributed by atoms with E-state index in [0.29, 0.717) is 0 Å². The van der Waals surface area contributed by atoms with Crippen LogP contribution in [0.25, 0.3) is 0 Å². The third-order valence-corrected chi connectivity index (χ3v) is 3.56. The summed E-state index contributed by atoms with van der Waals surface area (Å²) in [7, 11) is 0. The summed E-state index contributed by atoms with van der Waals surface area (Å²) < 4.78 is 0. The molecule has 108 valence electrons. The van der Waals surface area contributed by atoms with Gasteiger partial charge >= 0.3 is 0 Å². The van der Waals surface area contributed by atoms with Crippen molar-refractivity contribution in [3.05, 3.63) is 24.3 Å². The van der Waals surface area contributed by atoms with E-state index in [1.807, 2.05) is 0 Å². The van der Waals surface area contributed by atoms with E-state index in [9.17, 15) is 9.59 Å². The summed E-state index contributed by atoms with van der Waals surface area (Å²) >= 11 is 0. The summed E-state index contributed by atoms with van der Waals surface area (Å²) in [6, 6.07) is 7.24. The molecule has 1 saturated carbocycles. The first-order chi connectivity index (χ1) is 9.54. The molecule has 2 amide bonds.